The van der Waals surface area contributed by atoms with Gasteiger partial charge in [-0.15, -0.1) is 0 Å². The SMILES string of the molecule is O=C(CN(C(=O)c1cccc([N+](=O)[O-])c1)N1C(=O)[C@@H]2C3c4ccccc4C(c4ccccc43)[C@@H]2C1=O)c1ccc(Br)cc1. The molecule has 2 bridgehead atoms. The highest BCUT2D eigenvalue weighted by Gasteiger charge is 2.63. The van der Waals surface area contributed by atoms with Gasteiger partial charge in [0, 0.05) is 39.6 Å². The van der Waals surface area contributed by atoms with Gasteiger partial charge in [0.2, 0.25) is 0 Å². The van der Waals surface area contributed by atoms with Crippen LogP contribution in [0.5, 0.6) is 0 Å². The highest BCUT2D eigenvalue weighted by molar-refractivity contribution is 9.10. The Morgan fingerprint density at radius 2 is 1.26 bits per heavy atom. The summed E-state index contributed by atoms with van der Waals surface area (Å²) in [4.78, 5) is 67.1. The minimum absolute atomic E-state index is 0.122. The van der Waals surface area contributed by atoms with E-state index in [9.17, 15) is 29.3 Å². The molecule has 1 aliphatic heterocycles. The van der Waals surface area contributed by atoms with Crippen LogP contribution in [0, 0.1) is 22.0 Å². The Kier molecular flexibility index (Phi) is 6.32. The minimum atomic E-state index is -0.864. The van der Waals surface area contributed by atoms with Crippen LogP contribution in [0.15, 0.2) is 102 Å². The average Bonchev–Trinajstić information content (AvgIpc) is 3.29. The first-order valence-electron chi connectivity index (χ1n) is 13.7. The Bertz CT molecular complexity index is 1760. The van der Waals surface area contributed by atoms with Gasteiger partial charge in [-0.1, -0.05) is 82.7 Å². The van der Waals surface area contributed by atoms with Gasteiger partial charge in [0.1, 0.15) is 6.54 Å². The largest absolute Gasteiger partial charge is 0.292 e. The number of Topliss-reactive ketones (excluding diaryl/α,β-unsaturated/α-hetero) is 1. The van der Waals surface area contributed by atoms with Crippen molar-refractivity contribution >= 4 is 45.1 Å². The molecule has 9 nitrogen and oxygen atoms in total. The molecule has 8 rings (SSSR count). The lowest BCUT2D eigenvalue weighted by atomic mass is 9.55. The Balaban J connectivity index is 1.33. The molecule has 212 valence electrons. The van der Waals surface area contributed by atoms with Crippen molar-refractivity contribution in [2.45, 2.75) is 11.8 Å². The van der Waals surface area contributed by atoms with Crippen LogP contribution in [0.25, 0.3) is 0 Å². The number of carbonyl (C=O) groups excluding carboxylic acids is 4. The number of rotatable bonds is 6. The molecule has 0 N–H and O–H groups in total. The van der Waals surface area contributed by atoms with Crippen molar-refractivity contribution in [2.24, 2.45) is 11.8 Å². The van der Waals surface area contributed by atoms with Gasteiger partial charge < -0.3 is 0 Å². The van der Waals surface area contributed by atoms with Crippen LogP contribution in [0.3, 0.4) is 0 Å². The standard InChI is InChI=1S/C33H22BrN3O6/c34-20-14-12-18(13-15-20)26(38)17-35(31(39)19-6-5-7-21(16-19)37(42)43)36-32(40)29-27-22-8-1-2-9-23(22)28(30(29)33(36)41)25-11-4-3-10-24(25)27/h1-16,27-30H,17H2/t27?,28?,29-,30+. The first-order chi connectivity index (χ1) is 20.8. The van der Waals surface area contributed by atoms with E-state index in [-0.39, 0.29) is 16.8 Å². The highest BCUT2D eigenvalue weighted by atomic mass is 79.9. The zero-order valence-electron chi connectivity index (χ0n) is 22.4. The molecular formula is C33H22BrN3O6. The normalized spacial score (nSPS) is 21.2. The van der Waals surface area contributed by atoms with Gasteiger partial charge in [0.05, 0.1) is 16.8 Å². The fourth-order valence-corrected chi connectivity index (χ4v) is 7.16. The number of hydrazine groups is 1. The molecule has 0 radical (unpaired) electrons. The lowest BCUT2D eigenvalue weighted by Gasteiger charge is -2.45. The third kappa shape index (κ3) is 4.12. The number of nitrogens with zero attached hydrogens (tertiary/aromatic N) is 3. The number of nitro benzene ring substituents is 1. The monoisotopic (exact) mass is 635 g/mol. The lowest BCUT2D eigenvalue weighted by molar-refractivity contribution is -0.384. The molecule has 0 spiro atoms. The smallest absolute Gasteiger partial charge is 0.273 e. The summed E-state index contributed by atoms with van der Waals surface area (Å²) < 4.78 is 0.747. The second-order valence-corrected chi connectivity index (χ2v) is 11.8. The quantitative estimate of drug-likeness (QED) is 0.120. The van der Waals surface area contributed by atoms with E-state index in [0.717, 1.165) is 42.8 Å². The van der Waals surface area contributed by atoms with E-state index in [0.29, 0.717) is 0 Å². The molecule has 4 aromatic carbocycles. The Morgan fingerprint density at radius 1 is 0.744 bits per heavy atom. The molecule has 2 atom stereocenters. The number of imide groups is 1. The Hall–Kier alpha value is -4.96. The number of benzene rings is 4. The summed E-state index contributed by atoms with van der Waals surface area (Å²) in [5, 5.41) is 13.2. The van der Waals surface area contributed by atoms with Crippen LogP contribution < -0.4 is 0 Å². The first kappa shape index (κ1) is 26.9. The predicted octanol–water partition coefficient (Wildman–Crippen LogP) is 5.49. The summed E-state index contributed by atoms with van der Waals surface area (Å²) in [6, 6.07) is 27.0. The van der Waals surface area contributed by atoms with Crippen molar-refractivity contribution in [3.63, 3.8) is 0 Å². The number of hydrogen-bond acceptors (Lipinski definition) is 6. The van der Waals surface area contributed by atoms with Crippen LogP contribution >= 0.6 is 15.9 Å². The number of halogens is 1. The Labute approximate surface area is 254 Å². The second-order valence-electron chi connectivity index (χ2n) is 10.9. The Morgan fingerprint density at radius 3 is 1.74 bits per heavy atom. The molecular weight excluding hydrogens is 614 g/mol. The predicted molar refractivity (Wildman–Crippen MR) is 158 cm³/mol. The summed E-state index contributed by atoms with van der Waals surface area (Å²) in [6.07, 6.45) is 0. The van der Waals surface area contributed by atoms with Crippen LogP contribution in [-0.2, 0) is 9.59 Å². The van der Waals surface area contributed by atoms with E-state index in [4.69, 9.17) is 0 Å². The summed E-state index contributed by atoms with van der Waals surface area (Å²) >= 11 is 3.34. The van der Waals surface area contributed by atoms with Gasteiger partial charge in [0.25, 0.3) is 23.4 Å². The zero-order valence-corrected chi connectivity index (χ0v) is 24.0. The van der Waals surface area contributed by atoms with Gasteiger partial charge in [0.15, 0.2) is 5.78 Å². The van der Waals surface area contributed by atoms with Gasteiger partial charge in [-0.3, -0.25) is 29.3 Å². The van der Waals surface area contributed by atoms with E-state index in [1.807, 2.05) is 48.5 Å². The lowest BCUT2D eigenvalue weighted by Crippen LogP contribution is -2.52. The maximum absolute atomic E-state index is 14.4. The van der Waals surface area contributed by atoms with E-state index in [2.05, 4.69) is 15.9 Å². The maximum atomic E-state index is 14.4. The molecule has 1 heterocycles. The molecule has 43 heavy (non-hydrogen) atoms. The van der Waals surface area contributed by atoms with Crippen LogP contribution in [0.2, 0.25) is 0 Å². The zero-order chi connectivity index (χ0) is 30.0. The number of nitro groups is 1. The molecule has 0 saturated carbocycles. The summed E-state index contributed by atoms with van der Waals surface area (Å²) in [6.45, 7) is -0.616. The summed E-state index contributed by atoms with van der Waals surface area (Å²) in [5.74, 6) is -4.86. The van der Waals surface area contributed by atoms with Crippen molar-refractivity contribution in [3.05, 3.63) is 145 Å². The van der Waals surface area contributed by atoms with Crippen molar-refractivity contribution < 1.29 is 24.1 Å². The molecule has 4 aromatic rings. The van der Waals surface area contributed by atoms with Crippen LogP contribution in [0.1, 0.15) is 54.8 Å². The molecule has 1 saturated heterocycles. The maximum Gasteiger partial charge on any atom is 0.273 e. The average molecular weight is 636 g/mol. The molecule has 3 aliphatic carbocycles. The van der Waals surface area contributed by atoms with Gasteiger partial charge in [-0.25, -0.2) is 5.01 Å². The number of carbonyl (C=O) groups is 4. The van der Waals surface area contributed by atoms with Gasteiger partial charge in [-0.2, -0.15) is 5.01 Å². The molecule has 10 heteroatoms. The summed E-state index contributed by atoms with van der Waals surface area (Å²) in [7, 11) is 0. The van der Waals surface area contributed by atoms with Crippen LogP contribution in [0.4, 0.5) is 5.69 Å². The van der Waals surface area contributed by atoms with Crippen molar-refractivity contribution in [1.82, 2.24) is 10.0 Å². The van der Waals surface area contributed by atoms with Crippen molar-refractivity contribution in [2.75, 3.05) is 6.54 Å². The number of non-ortho nitro benzene ring substituents is 1. The number of amides is 3. The molecule has 4 aliphatic rings. The fraction of sp³-hybridized carbons (Fsp3) is 0.152. The van der Waals surface area contributed by atoms with Crippen molar-refractivity contribution in [1.29, 1.82) is 0 Å². The molecule has 0 unspecified atom stereocenters. The third-order valence-corrected chi connectivity index (χ3v) is 9.19. The molecule has 1 fully saturated rings. The van der Waals surface area contributed by atoms with E-state index >= 15 is 0 Å². The minimum Gasteiger partial charge on any atom is -0.292 e. The summed E-state index contributed by atoms with van der Waals surface area (Å²) in [5.41, 5.74) is 3.70. The molecule has 3 amide bonds. The van der Waals surface area contributed by atoms with Crippen LogP contribution in [-0.4, -0.2) is 45.0 Å². The highest BCUT2D eigenvalue weighted by Crippen LogP contribution is 2.61. The molecule has 0 aromatic heterocycles. The van der Waals surface area contributed by atoms with E-state index < -0.39 is 58.6 Å². The fourth-order valence-electron chi connectivity index (χ4n) is 6.90. The van der Waals surface area contributed by atoms with Gasteiger partial charge in [-0.05, 0) is 40.5 Å². The van der Waals surface area contributed by atoms with Crippen molar-refractivity contribution in [3.8, 4) is 0 Å². The number of ketones is 1. The van der Waals surface area contributed by atoms with E-state index in [1.54, 1.807) is 24.3 Å². The van der Waals surface area contributed by atoms with Gasteiger partial charge >= 0.3 is 0 Å². The third-order valence-electron chi connectivity index (χ3n) is 8.66. The first-order valence-corrected chi connectivity index (χ1v) is 14.5. The number of hydrogen-bond donors (Lipinski definition) is 0. The van der Waals surface area contributed by atoms with E-state index in [1.165, 1.54) is 18.2 Å². The second kappa shape index (κ2) is 10.1. The topological polar surface area (TPSA) is 118 Å².